The van der Waals surface area contributed by atoms with Crippen LogP contribution in [-0.4, -0.2) is 41.1 Å². The number of anilines is 1. The summed E-state index contributed by atoms with van der Waals surface area (Å²) in [6.45, 7) is 3.06. The van der Waals surface area contributed by atoms with E-state index in [0.717, 1.165) is 18.5 Å². The number of para-hydroxylation sites is 1. The number of benzene rings is 1. The molecule has 0 bridgehead atoms. The van der Waals surface area contributed by atoms with Crippen LogP contribution in [0, 0.1) is 5.92 Å². The lowest BCUT2D eigenvalue weighted by atomic mass is 10.0. The highest BCUT2D eigenvalue weighted by molar-refractivity contribution is 5.94. The molecule has 0 radical (unpaired) electrons. The number of carbonyl (C=O) groups is 2. The van der Waals surface area contributed by atoms with Crippen LogP contribution in [0.2, 0.25) is 0 Å². The van der Waals surface area contributed by atoms with E-state index < -0.39 is 11.9 Å². The largest absolute Gasteiger partial charge is 0.481 e. The summed E-state index contributed by atoms with van der Waals surface area (Å²) in [5.41, 5.74) is 2.17. The Morgan fingerprint density at radius 2 is 2.00 bits per heavy atom. The summed E-state index contributed by atoms with van der Waals surface area (Å²) in [5.74, 6) is -1.26. The molecule has 1 N–H and O–H groups in total. The zero-order chi connectivity index (χ0) is 15.0. The van der Waals surface area contributed by atoms with Crippen LogP contribution in [0.25, 0.3) is 0 Å². The maximum absolute atomic E-state index is 12.8. The van der Waals surface area contributed by atoms with Crippen LogP contribution in [0.5, 0.6) is 0 Å². The second-order valence-electron chi connectivity index (χ2n) is 5.83. The van der Waals surface area contributed by atoms with E-state index >= 15 is 0 Å². The molecule has 2 aliphatic rings. The molecule has 2 unspecified atom stereocenters. The number of hydrogen-bond donors (Lipinski definition) is 1. The minimum atomic E-state index is -0.808. The number of amides is 2. The molecule has 2 aliphatic heterocycles. The fourth-order valence-corrected chi connectivity index (χ4v) is 3.43. The van der Waals surface area contributed by atoms with E-state index in [9.17, 15) is 14.7 Å². The van der Waals surface area contributed by atoms with E-state index in [1.54, 1.807) is 9.80 Å². The Balaban J connectivity index is 1.83. The third-order valence-electron chi connectivity index (χ3n) is 4.66. The van der Waals surface area contributed by atoms with Crippen molar-refractivity contribution in [3.05, 3.63) is 29.8 Å². The molecule has 1 aromatic rings. The van der Waals surface area contributed by atoms with E-state index in [4.69, 9.17) is 0 Å². The quantitative estimate of drug-likeness (QED) is 0.863. The lowest BCUT2D eigenvalue weighted by molar-refractivity contribution is -0.142. The van der Waals surface area contributed by atoms with Gasteiger partial charge in [-0.3, -0.25) is 9.69 Å². The molecule has 2 atom stereocenters. The lowest BCUT2D eigenvalue weighted by Gasteiger charge is -2.34. The molecule has 1 saturated heterocycles. The summed E-state index contributed by atoms with van der Waals surface area (Å²) in [7, 11) is 0. The summed E-state index contributed by atoms with van der Waals surface area (Å²) in [6, 6.07) is 7.66. The van der Waals surface area contributed by atoms with Gasteiger partial charge in [0.05, 0.1) is 5.92 Å². The van der Waals surface area contributed by atoms with Gasteiger partial charge in [0.2, 0.25) is 0 Å². The van der Waals surface area contributed by atoms with Gasteiger partial charge < -0.3 is 10.0 Å². The molecular formula is C16H20N2O3. The van der Waals surface area contributed by atoms with Crippen molar-refractivity contribution in [1.82, 2.24) is 4.90 Å². The number of carbonyl (C=O) groups excluding carboxylic acids is 1. The Morgan fingerprint density at radius 1 is 1.24 bits per heavy atom. The summed E-state index contributed by atoms with van der Waals surface area (Å²) in [6.07, 6.45) is 2.48. The average molecular weight is 288 g/mol. The molecule has 0 spiro atoms. The molecule has 0 saturated carbocycles. The number of carboxylic acid groups (broad SMARTS) is 1. The summed E-state index contributed by atoms with van der Waals surface area (Å²) in [4.78, 5) is 27.5. The maximum Gasteiger partial charge on any atom is 0.324 e. The second kappa shape index (κ2) is 5.39. The molecule has 3 rings (SSSR count). The van der Waals surface area contributed by atoms with Gasteiger partial charge >= 0.3 is 12.0 Å². The Kier molecular flexibility index (Phi) is 3.57. The van der Waals surface area contributed by atoms with Gasteiger partial charge in [-0.2, -0.15) is 0 Å². The monoisotopic (exact) mass is 288 g/mol. The van der Waals surface area contributed by atoms with E-state index in [1.807, 2.05) is 25.1 Å². The number of fused-ring (bicyclic) bond motifs is 1. The molecule has 0 aromatic heterocycles. The molecule has 112 valence electrons. The van der Waals surface area contributed by atoms with Crippen LogP contribution in [0.3, 0.4) is 0 Å². The van der Waals surface area contributed by atoms with Crippen molar-refractivity contribution in [1.29, 1.82) is 0 Å². The van der Waals surface area contributed by atoms with Crippen molar-refractivity contribution in [2.45, 2.75) is 32.2 Å². The number of aryl methyl sites for hydroxylation is 1. The predicted octanol–water partition coefficient (Wildman–Crippen LogP) is 2.35. The summed E-state index contributed by atoms with van der Waals surface area (Å²) < 4.78 is 0. The Hall–Kier alpha value is -2.04. The van der Waals surface area contributed by atoms with Gasteiger partial charge in [-0.15, -0.1) is 0 Å². The number of carboxylic acids is 1. The third-order valence-corrected chi connectivity index (χ3v) is 4.66. The smallest absolute Gasteiger partial charge is 0.324 e. The first-order valence-corrected chi connectivity index (χ1v) is 7.48. The average Bonchev–Trinajstić information content (AvgIpc) is 2.88. The van der Waals surface area contributed by atoms with Crippen LogP contribution in [0.15, 0.2) is 24.3 Å². The van der Waals surface area contributed by atoms with Gasteiger partial charge in [-0.25, -0.2) is 4.79 Å². The maximum atomic E-state index is 12.8. The van der Waals surface area contributed by atoms with Gasteiger partial charge in [0, 0.05) is 24.8 Å². The topological polar surface area (TPSA) is 60.9 Å². The van der Waals surface area contributed by atoms with Crippen molar-refractivity contribution < 1.29 is 14.7 Å². The highest BCUT2D eigenvalue weighted by Crippen LogP contribution is 2.31. The molecule has 1 fully saturated rings. The van der Waals surface area contributed by atoms with Crippen molar-refractivity contribution in [2.75, 3.05) is 18.0 Å². The van der Waals surface area contributed by atoms with Gasteiger partial charge in [-0.05, 0) is 37.8 Å². The normalized spacial score (nSPS) is 24.8. The molecule has 2 heterocycles. The zero-order valence-electron chi connectivity index (χ0n) is 12.2. The Morgan fingerprint density at radius 3 is 2.71 bits per heavy atom. The molecule has 21 heavy (non-hydrogen) atoms. The van der Waals surface area contributed by atoms with Crippen LogP contribution < -0.4 is 4.90 Å². The number of hydrogen-bond acceptors (Lipinski definition) is 2. The first-order valence-electron chi connectivity index (χ1n) is 7.48. The molecule has 2 amide bonds. The van der Waals surface area contributed by atoms with Crippen molar-refractivity contribution in [3.8, 4) is 0 Å². The molecule has 1 aromatic carbocycles. The summed E-state index contributed by atoms with van der Waals surface area (Å²) in [5, 5.41) is 9.20. The number of aliphatic carboxylic acids is 1. The van der Waals surface area contributed by atoms with Crippen LogP contribution in [-0.2, 0) is 11.2 Å². The first kappa shape index (κ1) is 13.9. The zero-order valence-corrected chi connectivity index (χ0v) is 12.2. The van der Waals surface area contributed by atoms with E-state index in [2.05, 4.69) is 6.07 Å². The fourth-order valence-electron chi connectivity index (χ4n) is 3.43. The van der Waals surface area contributed by atoms with Gasteiger partial charge in [-0.1, -0.05) is 18.2 Å². The van der Waals surface area contributed by atoms with Crippen molar-refractivity contribution in [2.24, 2.45) is 5.92 Å². The molecule has 5 heteroatoms. The van der Waals surface area contributed by atoms with Crippen molar-refractivity contribution >= 4 is 17.7 Å². The minimum absolute atomic E-state index is 0.0570. The van der Waals surface area contributed by atoms with E-state index in [0.29, 0.717) is 19.5 Å². The number of rotatable bonds is 1. The van der Waals surface area contributed by atoms with Crippen LogP contribution in [0.4, 0.5) is 10.5 Å². The van der Waals surface area contributed by atoms with Crippen molar-refractivity contribution in [3.63, 3.8) is 0 Å². The SMILES string of the molecule is CC1C(C(=O)O)CCN1C(=O)N1CCCc2ccccc21. The van der Waals surface area contributed by atoms with E-state index in [-0.39, 0.29) is 12.1 Å². The summed E-state index contributed by atoms with van der Waals surface area (Å²) >= 11 is 0. The van der Waals surface area contributed by atoms with Gasteiger partial charge in [0.25, 0.3) is 0 Å². The van der Waals surface area contributed by atoms with Crippen LogP contribution in [0.1, 0.15) is 25.3 Å². The van der Waals surface area contributed by atoms with Gasteiger partial charge in [0.1, 0.15) is 0 Å². The lowest BCUT2D eigenvalue weighted by Crippen LogP contribution is -2.48. The van der Waals surface area contributed by atoms with Gasteiger partial charge in [0.15, 0.2) is 0 Å². The fraction of sp³-hybridized carbons (Fsp3) is 0.500. The number of urea groups is 1. The standard InChI is InChI=1S/C16H20N2O3/c1-11-13(15(19)20)8-10-17(11)16(21)18-9-4-6-12-5-2-3-7-14(12)18/h2-3,5,7,11,13H,4,6,8-10H2,1H3,(H,19,20). The highest BCUT2D eigenvalue weighted by Gasteiger charge is 2.40. The third kappa shape index (κ3) is 2.37. The molecule has 5 nitrogen and oxygen atoms in total. The molecule has 0 aliphatic carbocycles. The predicted molar refractivity (Wildman–Crippen MR) is 79.4 cm³/mol. The Labute approximate surface area is 124 Å². The first-order chi connectivity index (χ1) is 10.1. The van der Waals surface area contributed by atoms with Crippen LogP contribution >= 0.6 is 0 Å². The highest BCUT2D eigenvalue weighted by atomic mass is 16.4. The van der Waals surface area contributed by atoms with E-state index in [1.165, 1.54) is 5.56 Å². The number of nitrogens with zero attached hydrogens (tertiary/aromatic N) is 2. The second-order valence-corrected chi connectivity index (χ2v) is 5.83. The number of likely N-dealkylation sites (tertiary alicyclic amines) is 1. The molecular weight excluding hydrogens is 268 g/mol. The minimum Gasteiger partial charge on any atom is -0.481 e. The Bertz CT molecular complexity index is 572.